The van der Waals surface area contributed by atoms with Crippen LogP contribution in [0.1, 0.15) is 49.7 Å². The molecule has 0 bridgehead atoms. The van der Waals surface area contributed by atoms with Crippen LogP contribution in [-0.4, -0.2) is 65.7 Å². The Morgan fingerprint density at radius 1 is 1.16 bits per heavy atom. The third-order valence-corrected chi connectivity index (χ3v) is 8.36. The van der Waals surface area contributed by atoms with Crippen LogP contribution in [0.15, 0.2) is 71.3 Å². The Kier molecular flexibility index (Phi) is 8.18. The Balaban J connectivity index is 1.21. The standard InChI is InChI=1S/C31H35ClN4O2/c1-21(37)36-15-12-28-24(17-29(30(28)20-36)22-6-8-25(32)9-7-22)16-27(38)19-35-13-10-26(11-14-35)34-31-5-3-2-4-23(31)18-33/h2-9,17,26-27,29,34,38H,10-16,19-20H2,1H3. The van der Waals surface area contributed by atoms with E-state index in [9.17, 15) is 15.2 Å². The third kappa shape index (κ3) is 5.96. The molecule has 2 aliphatic heterocycles. The van der Waals surface area contributed by atoms with Crippen LogP contribution in [-0.2, 0) is 4.79 Å². The van der Waals surface area contributed by atoms with Crippen LogP contribution in [0.2, 0.25) is 5.02 Å². The largest absolute Gasteiger partial charge is 0.391 e. The normalized spacial score (nSPS) is 21.1. The molecule has 2 atom stereocenters. The highest BCUT2D eigenvalue weighted by Gasteiger charge is 2.33. The van der Waals surface area contributed by atoms with Gasteiger partial charge in [0, 0.05) is 56.6 Å². The average molecular weight is 531 g/mol. The molecule has 0 radical (unpaired) electrons. The highest BCUT2D eigenvalue weighted by molar-refractivity contribution is 6.30. The van der Waals surface area contributed by atoms with Crippen LogP contribution in [0, 0.1) is 11.3 Å². The van der Waals surface area contributed by atoms with Gasteiger partial charge in [0.15, 0.2) is 0 Å². The second-order valence-corrected chi connectivity index (χ2v) is 11.1. The molecule has 198 valence electrons. The van der Waals surface area contributed by atoms with Crippen LogP contribution in [0.3, 0.4) is 0 Å². The van der Waals surface area contributed by atoms with Gasteiger partial charge in [-0.2, -0.15) is 5.26 Å². The number of likely N-dealkylation sites (tertiary alicyclic amines) is 1. The van der Waals surface area contributed by atoms with Gasteiger partial charge in [0.2, 0.25) is 5.91 Å². The van der Waals surface area contributed by atoms with Gasteiger partial charge in [-0.1, -0.05) is 41.9 Å². The number of benzene rings is 2. The molecule has 2 unspecified atom stereocenters. The van der Waals surface area contributed by atoms with Gasteiger partial charge in [-0.3, -0.25) is 4.79 Å². The number of anilines is 1. The fourth-order valence-corrected chi connectivity index (χ4v) is 6.20. The molecule has 2 aromatic rings. The molecule has 0 aromatic heterocycles. The summed E-state index contributed by atoms with van der Waals surface area (Å²) in [7, 11) is 0. The van der Waals surface area contributed by atoms with Crippen molar-refractivity contribution in [3.63, 3.8) is 0 Å². The maximum atomic E-state index is 12.1. The van der Waals surface area contributed by atoms with E-state index in [0.29, 0.717) is 36.1 Å². The van der Waals surface area contributed by atoms with Crippen LogP contribution in [0.25, 0.3) is 0 Å². The fourth-order valence-electron chi connectivity index (χ4n) is 6.07. The summed E-state index contributed by atoms with van der Waals surface area (Å²) in [6.45, 7) is 5.48. The summed E-state index contributed by atoms with van der Waals surface area (Å²) in [5.41, 5.74) is 6.57. The molecule has 2 aromatic carbocycles. The number of carbonyl (C=O) groups is 1. The zero-order chi connectivity index (χ0) is 26.6. The molecular formula is C31H35ClN4O2. The number of nitrogens with zero attached hydrogens (tertiary/aromatic N) is 3. The summed E-state index contributed by atoms with van der Waals surface area (Å²) in [4.78, 5) is 16.4. The summed E-state index contributed by atoms with van der Waals surface area (Å²) < 4.78 is 0. The minimum atomic E-state index is -0.450. The number of rotatable bonds is 7. The number of carbonyl (C=O) groups excluding carboxylic acids is 1. The van der Waals surface area contributed by atoms with Crippen molar-refractivity contribution in [3.05, 3.63) is 87.5 Å². The summed E-state index contributed by atoms with van der Waals surface area (Å²) in [6.07, 6.45) is 5.25. The second kappa shape index (κ2) is 11.7. The first-order valence-electron chi connectivity index (χ1n) is 13.5. The summed E-state index contributed by atoms with van der Waals surface area (Å²) in [5, 5.41) is 24.7. The van der Waals surface area contributed by atoms with Crippen molar-refractivity contribution in [2.75, 3.05) is 38.0 Å². The number of hydrogen-bond donors (Lipinski definition) is 2. The SMILES string of the molecule is CC(=O)N1CCC2=C(C1)C(c1ccc(Cl)cc1)C=C2CC(O)CN1CCC(Nc2ccccc2C#N)CC1. The molecule has 3 aliphatic rings. The van der Waals surface area contributed by atoms with Crippen LogP contribution >= 0.6 is 11.6 Å². The van der Waals surface area contributed by atoms with Gasteiger partial charge in [0.1, 0.15) is 6.07 Å². The molecule has 1 amide bonds. The minimum absolute atomic E-state index is 0.105. The quantitative estimate of drug-likeness (QED) is 0.520. The monoisotopic (exact) mass is 530 g/mol. The molecule has 0 saturated carbocycles. The van der Waals surface area contributed by atoms with E-state index in [1.165, 1.54) is 22.3 Å². The van der Waals surface area contributed by atoms with Crippen LogP contribution in [0.5, 0.6) is 0 Å². The highest BCUT2D eigenvalue weighted by atomic mass is 35.5. The first-order chi connectivity index (χ1) is 18.4. The Hall–Kier alpha value is -3.11. The number of aliphatic hydroxyl groups is 1. The van der Waals surface area contributed by atoms with Crippen molar-refractivity contribution in [1.29, 1.82) is 5.26 Å². The second-order valence-electron chi connectivity index (χ2n) is 10.7. The molecule has 0 spiro atoms. The number of hydrogen-bond acceptors (Lipinski definition) is 5. The average Bonchev–Trinajstić information content (AvgIpc) is 3.27. The van der Waals surface area contributed by atoms with Crippen molar-refractivity contribution in [1.82, 2.24) is 9.80 Å². The predicted molar refractivity (Wildman–Crippen MR) is 151 cm³/mol. The van der Waals surface area contributed by atoms with Crippen LogP contribution in [0.4, 0.5) is 5.69 Å². The molecular weight excluding hydrogens is 496 g/mol. The smallest absolute Gasteiger partial charge is 0.219 e. The maximum Gasteiger partial charge on any atom is 0.219 e. The van der Waals surface area contributed by atoms with Gasteiger partial charge in [-0.15, -0.1) is 0 Å². The van der Waals surface area contributed by atoms with E-state index in [-0.39, 0.29) is 11.8 Å². The number of nitrogens with one attached hydrogen (secondary N) is 1. The van der Waals surface area contributed by atoms with Gasteiger partial charge < -0.3 is 20.2 Å². The molecule has 5 rings (SSSR count). The van der Waals surface area contributed by atoms with E-state index in [1.54, 1.807) is 6.92 Å². The molecule has 2 N–H and O–H groups in total. The van der Waals surface area contributed by atoms with Gasteiger partial charge in [-0.25, -0.2) is 0 Å². The Bertz CT molecular complexity index is 1270. The Morgan fingerprint density at radius 2 is 1.89 bits per heavy atom. The maximum absolute atomic E-state index is 12.1. The van der Waals surface area contributed by atoms with Crippen molar-refractivity contribution < 1.29 is 9.90 Å². The number of allylic oxidation sites excluding steroid dienone is 1. The van der Waals surface area contributed by atoms with Gasteiger partial charge >= 0.3 is 0 Å². The molecule has 1 saturated heterocycles. The van der Waals surface area contributed by atoms with Crippen molar-refractivity contribution in [3.8, 4) is 6.07 Å². The fraction of sp³-hybridized carbons (Fsp3) is 0.419. The lowest BCUT2D eigenvalue weighted by Gasteiger charge is -2.34. The van der Waals surface area contributed by atoms with E-state index in [4.69, 9.17) is 11.6 Å². The number of piperidine rings is 1. The van der Waals surface area contributed by atoms with Crippen LogP contribution < -0.4 is 5.32 Å². The molecule has 1 aliphatic carbocycles. The highest BCUT2D eigenvalue weighted by Crippen LogP contribution is 2.43. The number of nitriles is 1. The lowest BCUT2D eigenvalue weighted by Crippen LogP contribution is -2.42. The molecule has 2 heterocycles. The van der Waals surface area contributed by atoms with Crippen molar-refractivity contribution in [2.45, 2.75) is 50.7 Å². The third-order valence-electron chi connectivity index (χ3n) is 8.11. The van der Waals surface area contributed by atoms with E-state index < -0.39 is 6.10 Å². The first-order valence-corrected chi connectivity index (χ1v) is 13.9. The van der Waals surface area contributed by atoms with E-state index in [2.05, 4.69) is 34.5 Å². The van der Waals surface area contributed by atoms with E-state index in [1.807, 2.05) is 41.3 Å². The number of para-hydroxylation sites is 1. The lowest BCUT2D eigenvalue weighted by atomic mass is 9.89. The Morgan fingerprint density at radius 3 is 2.61 bits per heavy atom. The minimum Gasteiger partial charge on any atom is -0.391 e. The zero-order valence-electron chi connectivity index (χ0n) is 21.9. The van der Waals surface area contributed by atoms with Crippen molar-refractivity contribution >= 4 is 23.2 Å². The van der Waals surface area contributed by atoms with E-state index in [0.717, 1.165) is 44.6 Å². The summed E-state index contributed by atoms with van der Waals surface area (Å²) in [5.74, 6) is 0.221. The zero-order valence-corrected chi connectivity index (χ0v) is 22.6. The summed E-state index contributed by atoms with van der Waals surface area (Å²) in [6, 6.07) is 18.2. The number of aliphatic hydroxyl groups excluding tert-OH is 1. The summed E-state index contributed by atoms with van der Waals surface area (Å²) >= 11 is 6.14. The van der Waals surface area contributed by atoms with Gasteiger partial charge in [0.25, 0.3) is 0 Å². The number of halogens is 1. The van der Waals surface area contributed by atoms with Crippen molar-refractivity contribution in [2.24, 2.45) is 0 Å². The molecule has 1 fully saturated rings. The molecule has 6 nitrogen and oxygen atoms in total. The molecule has 38 heavy (non-hydrogen) atoms. The first kappa shape index (κ1) is 26.5. The van der Waals surface area contributed by atoms with Gasteiger partial charge in [-0.05, 0) is 72.2 Å². The van der Waals surface area contributed by atoms with Gasteiger partial charge in [0.05, 0.1) is 17.4 Å². The number of amides is 1. The Labute approximate surface area is 230 Å². The number of β-amino-alcohol motifs (C(OH)–C–C–N with tert-alkyl or cyclic N) is 1. The van der Waals surface area contributed by atoms with E-state index >= 15 is 0 Å². The predicted octanol–water partition coefficient (Wildman–Crippen LogP) is 5.11. The topological polar surface area (TPSA) is 79.6 Å². The lowest BCUT2D eigenvalue weighted by molar-refractivity contribution is -0.128. The molecule has 7 heteroatoms.